The Hall–Kier alpha value is -4.41. The molecule has 0 fully saturated rings. The van der Waals surface area contributed by atoms with Crippen LogP contribution in [0.3, 0.4) is 0 Å². The lowest BCUT2D eigenvalue weighted by Gasteiger charge is -2.08. The van der Waals surface area contributed by atoms with Gasteiger partial charge in [-0.1, -0.05) is 6.07 Å². The van der Waals surface area contributed by atoms with Crippen LogP contribution in [-0.4, -0.2) is 41.2 Å². The van der Waals surface area contributed by atoms with E-state index >= 15 is 0 Å². The summed E-state index contributed by atoms with van der Waals surface area (Å²) in [7, 11) is 3.44. The third kappa shape index (κ3) is 5.31. The van der Waals surface area contributed by atoms with Gasteiger partial charge in [0.1, 0.15) is 11.4 Å². The highest BCUT2D eigenvalue weighted by Gasteiger charge is 2.20. The van der Waals surface area contributed by atoms with Gasteiger partial charge in [-0.2, -0.15) is 15.3 Å². The molecule has 3 heterocycles. The number of carbonyl (C=O) groups excluding carboxylic acids is 2. The molecule has 0 atom stereocenters. The number of anilines is 1. The van der Waals surface area contributed by atoms with Gasteiger partial charge in [0.2, 0.25) is 0 Å². The molecule has 1 aromatic carbocycles. The monoisotopic (exact) mass is 462 g/mol. The summed E-state index contributed by atoms with van der Waals surface area (Å²) >= 11 is 0. The van der Waals surface area contributed by atoms with Gasteiger partial charge < -0.3 is 15.4 Å². The molecule has 4 rings (SSSR count). The van der Waals surface area contributed by atoms with Crippen molar-refractivity contribution in [3.8, 4) is 5.75 Å². The fourth-order valence-electron chi connectivity index (χ4n) is 3.53. The topological polar surface area (TPSA) is 121 Å². The highest BCUT2D eigenvalue weighted by Crippen LogP contribution is 2.17. The molecule has 34 heavy (non-hydrogen) atoms. The zero-order valence-corrected chi connectivity index (χ0v) is 19.4. The van der Waals surface area contributed by atoms with Crippen LogP contribution in [0.25, 0.3) is 0 Å². The second kappa shape index (κ2) is 9.61. The Morgan fingerprint density at radius 1 is 1.03 bits per heavy atom. The molecule has 3 aromatic heterocycles. The molecule has 0 aliphatic heterocycles. The first-order valence-corrected chi connectivity index (χ1v) is 10.6. The van der Waals surface area contributed by atoms with Gasteiger partial charge in [-0.3, -0.25) is 19.0 Å². The van der Waals surface area contributed by atoms with E-state index in [-0.39, 0.29) is 29.7 Å². The van der Waals surface area contributed by atoms with Crippen LogP contribution < -0.4 is 15.4 Å². The van der Waals surface area contributed by atoms with E-state index in [0.717, 1.165) is 22.4 Å². The molecular formula is C23H26N8O3. The van der Waals surface area contributed by atoms with E-state index in [0.29, 0.717) is 6.54 Å². The quantitative estimate of drug-likeness (QED) is 0.414. The maximum Gasteiger partial charge on any atom is 0.276 e. The third-order valence-electron chi connectivity index (χ3n) is 5.05. The molecule has 0 aliphatic rings. The number of nitrogens with zero attached hydrogens (tertiary/aromatic N) is 6. The molecule has 0 spiro atoms. The molecule has 11 nitrogen and oxygen atoms in total. The summed E-state index contributed by atoms with van der Waals surface area (Å²) in [6.07, 6.45) is 6.57. The molecule has 0 saturated heterocycles. The number of rotatable bonds is 8. The summed E-state index contributed by atoms with van der Waals surface area (Å²) in [6.45, 7) is 4.46. The smallest absolute Gasteiger partial charge is 0.276 e. The van der Waals surface area contributed by atoms with Gasteiger partial charge >= 0.3 is 0 Å². The van der Waals surface area contributed by atoms with Crippen molar-refractivity contribution in [1.82, 2.24) is 34.7 Å². The lowest BCUT2D eigenvalue weighted by Crippen LogP contribution is -2.26. The molecular weight excluding hydrogens is 436 g/mol. The highest BCUT2D eigenvalue weighted by atomic mass is 16.5. The zero-order valence-electron chi connectivity index (χ0n) is 19.4. The Morgan fingerprint density at radius 2 is 1.79 bits per heavy atom. The number of hydrogen-bond acceptors (Lipinski definition) is 6. The fraction of sp³-hybridized carbons (Fsp3) is 0.261. The van der Waals surface area contributed by atoms with Crippen LogP contribution in [0.4, 0.5) is 5.69 Å². The van der Waals surface area contributed by atoms with E-state index in [2.05, 4.69) is 32.0 Å². The summed E-state index contributed by atoms with van der Waals surface area (Å²) in [5.74, 6) is -0.0951. The van der Waals surface area contributed by atoms with Crippen LogP contribution in [0.15, 0.2) is 49.1 Å². The third-order valence-corrected chi connectivity index (χ3v) is 5.05. The Morgan fingerprint density at radius 3 is 2.50 bits per heavy atom. The average molecular weight is 463 g/mol. The first kappa shape index (κ1) is 22.8. The number of ether oxygens (including phenoxy) is 1. The van der Waals surface area contributed by atoms with Gasteiger partial charge in [0.15, 0.2) is 12.4 Å². The molecule has 11 heteroatoms. The van der Waals surface area contributed by atoms with Gasteiger partial charge in [0.05, 0.1) is 18.1 Å². The largest absolute Gasteiger partial charge is 0.471 e. The minimum absolute atomic E-state index is 0.158. The van der Waals surface area contributed by atoms with Crippen molar-refractivity contribution in [3.05, 3.63) is 77.1 Å². The van der Waals surface area contributed by atoms with Crippen LogP contribution in [0.5, 0.6) is 5.75 Å². The van der Waals surface area contributed by atoms with Crippen molar-refractivity contribution < 1.29 is 14.3 Å². The molecule has 176 valence electrons. The number of carbonyl (C=O) groups is 2. The molecule has 0 bridgehead atoms. The first-order valence-electron chi connectivity index (χ1n) is 10.6. The van der Waals surface area contributed by atoms with Gasteiger partial charge in [-0.15, -0.1) is 0 Å². The van der Waals surface area contributed by atoms with Crippen molar-refractivity contribution in [2.45, 2.75) is 27.1 Å². The first-order chi connectivity index (χ1) is 16.3. The minimum Gasteiger partial charge on any atom is -0.471 e. The average Bonchev–Trinajstić information content (AvgIpc) is 3.50. The number of aromatic nitrogens is 6. The molecule has 2 amide bonds. The number of hydrogen-bond donors (Lipinski definition) is 2. The van der Waals surface area contributed by atoms with Crippen molar-refractivity contribution in [2.24, 2.45) is 14.1 Å². The van der Waals surface area contributed by atoms with Gasteiger partial charge in [-0.05, 0) is 43.2 Å². The Labute approximate surface area is 196 Å². The zero-order chi connectivity index (χ0) is 24.2. The molecule has 0 unspecified atom stereocenters. The van der Waals surface area contributed by atoms with Crippen LogP contribution in [-0.2, 0) is 27.4 Å². The summed E-state index contributed by atoms with van der Waals surface area (Å²) in [6, 6.07) is 7.52. The van der Waals surface area contributed by atoms with E-state index in [1.165, 1.54) is 15.6 Å². The van der Waals surface area contributed by atoms with Gasteiger partial charge in [0, 0.05) is 38.6 Å². The number of amides is 2. The Kier molecular flexibility index (Phi) is 6.44. The Bertz CT molecular complexity index is 1310. The summed E-state index contributed by atoms with van der Waals surface area (Å²) < 4.78 is 10.4. The minimum atomic E-state index is -0.459. The van der Waals surface area contributed by atoms with Gasteiger partial charge in [-0.25, -0.2) is 4.68 Å². The standard InChI is InChI=1S/C23H26N8O3/c1-15-7-16(2)9-18(8-15)34-14-31-6-5-19(28-31)22(32)27-20-12-26-30(4)21(20)23(33)24-10-17-11-25-29(3)13-17/h5-9,11-13H,10,14H2,1-4H3,(H,24,33)(H,27,32). The normalized spacial score (nSPS) is 10.8. The SMILES string of the molecule is Cc1cc(C)cc(OCn2ccc(C(=O)Nc3cnn(C)c3C(=O)NCc3cnn(C)c3)n2)c1. The second-order valence-electron chi connectivity index (χ2n) is 8.03. The highest BCUT2D eigenvalue weighted by molar-refractivity contribution is 6.07. The number of nitrogens with one attached hydrogen (secondary N) is 2. The maximum atomic E-state index is 12.7. The van der Waals surface area contributed by atoms with Crippen LogP contribution in [0.1, 0.15) is 37.7 Å². The lowest BCUT2D eigenvalue weighted by molar-refractivity contribution is 0.0942. The van der Waals surface area contributed by atoms with Crippen LogP contribution in [0, 0.1) is 13.8 Å². The van der Waals surface area contributed by atoms with Crippen LogP contribution in [0.2, 0.25) is 0 Å². The summed E-state index contributed by atoms with van der Waals surface area (Å²) in [4.78, 5) is 25.5. The molecule has 0 aliphatic carbocycles. The van der Waals surface area contributed by atoms with Crippen molar-refractivity contribution in [3.63, 3.8) is 0 Å². The van der Waals surface area contributed by atoms with E-state index in [1.54, 1.807) is 37.2 Å². The second-order valence-corrected chi connectivity index (χ2v) is 8.03. The summed E-state index contributed by atoms with van der Waals surface area (Å²) in [5, 5.41) is 18.0. The molecule has 4 aromatic rings. The predicted octanol–water partition coefficient (Wildman–Crippen LogP) is 2.19. The number of aryl methyl sites for hydroxylation is 4. The maximum absolute atomic E-state index is 12.7. The van der Waals surface area contributed by atoms with E-state index in [4.69, 9.17) is 4.74 Å². The van der Waals surface area contributed by atoms with E-state index in [9.17, 15) is 9.59 Å². The summed E-state index contributed by atoms with van der Waals surface area (Å²) in [5.41, 5.74) is 3.78. The van der Waals surface area contributed by atoms with Crippen molar-refractivity contribution in [2.75, 3.05) is 5.32 Å². The lowest BCUT2D eigenvalue weighted by atomic mass is 10.1. The predicted molar refractivity (Wildman–Crippen MR) is 124 cm³/mol. The van der Waals surface area contributed by atoms with E-state index in [1.807, 2.05) is 32.2 Å². The van der Waals surface area contributed by atoms with Crippen molar-refractivity contribution in [1.29, 1.82) is 0 Å². The number of benzene rings is 1. The molecule has 0 radical (unpaired) electrons. The van der Waals surface area contributed by atoms with Crippen molar-refractivity contribution >= 4 is 17.5 Å². The Balaban J connectivity index is 1.38. The molecule has 2 N–H and O–H groups in total. The fourth-order valence-corrected chi connectivity index (χ4v) is 3.53. The van der Waals surface area contributed by atoms with Gasteiger partial charge in [0.25, 0.3) is 11.8 Å². The van der Waals surface area contributed by atoms with Crippen LogP contribution >= 0.6 is 0 Å². The molecule has 0 saturated carbocycles. The van der Waals surface area contributed by atoms with E-state index < -0.39 is 5.91 Å².